The molecule has 0 bridgehead atoms. The number of nitrogens with one attached hydrogen (secondary N) is 1. The Morgan fingerprint density at radius 2 is 1.54 bits per heavy atom. The summed E-state index contributed by atoms with van der Waals surface area (Å²) in [6, 6.07) is 17.3. The van der Waals surface area contributed by atoms with Crippen LogP contribution in [-0.2, 0) is 11.4 Å². The van der Waals surface area contributed by atoms with Gasteiger partial charge in [0.05, 0.1) is 0 Å². The molecule has 24 heavy (non-hydrogen) atoms. The molecule has 4 heteroatoms. The van der Waals surface area contributed by atoms with Crippen LogP contribution in [0.3, 0.4) is 0 Å². The van der Waals surface area contributed by atoms with Crippen LogP contribution < -0.4 is 14.8 Å². The average Bonchev–Trinajstić information content (AvgIpc) is 2.59. The number of carbonyl (C=O) groups excluding carboxylic acids is 1. The summed E-state index contributed by atoms with van der Waals surface area (Å²) >= 11 is 0. The normalized spacial score (nSPS) is 11.0. The Morgan fingerprint density at radius 3 is 2.17 bits per heavy atom. The Labute approximate surface area is 143 Å². The zero-order valence-corrected chi connectivity index (χ0v) is 14.5. The van der Waals surface area contributed by atoms with Crippen molar-refractivity contribution in [2.24, 2.45) is 0 Å². The second-order valence-corrected chi connectivity index (χ2v) is 6.30. The van der Waals surface area contributed by atoms with Gasteiger partial charge in [-0.05, 0) is 38.0 Å². The SMILES string of the molecule is CCC(C)(C)NC(=O)COc1ccccc1OCc1ccccc1. The van der Waals surface area contributed by atoms with Gasteiger partial charge in [0.15, 0.2) is 18.1 Å². The number of benzene rings is 2. The summed E-state index contributed by atoms with van der Waals surface area (Å²) in [5.74, 6) is 1.06. The number of ether oxygens (including phenoxy) is 2. The van der Waals surface area contributed by atoms with Crippen molar-refractivity contribution in [2.45, 2.75) is 39.3 Å². The molecule has 2 aromatic carbocycles. The highest BCUT2D eigenvalue weighted by atomic mass is 16.5. The third kappa shape index (κ3) is 5.61. The Balaban J connectivity index is 1.92. The highest BCUT2D eigenvalue weighted by molar-refractivity contribution is 5.78. The molecule has 0 heterocycles. The van der Waals surface area contributed by atoms with E-state index in [1.54, 1.807) is 6.07 Å². The molecule has 0 saturated carbocycles. The molecule has 128 valence electrons. The van der Waals surface area contributed by atoms with Crippen molar-refractivity contribution in [1.29, 1.82) is 0 Å². The van der Waals surface area contributed by atoms with Gasteiger partial charge in [-0.25, -0.2) is 0 Å². The summed E-state index contributed by atoms with van der Waals surface area (Å²) in [7, 11) is 0. The quantitative estimate of drug-likeness (QED) is 0.798. The van der Waals surface area contributed by atoms with Crippen LogP contribution in [0, 0.1) is 0 Å². The maximum Gasteiger partial charge on any atom is 0.258 e. The van der Waals surface area contributed by atoms with E-state index in [-0.39, 0.29) is 18.1 Å². The minimum atomic E-state index is -0.232. The molecule has 0 atom stereocenters. The van der Waals surface area contributed by atoms with E-state index in [2.05, 4.69) is 5.32 Å². The van der Waals surface area contributed by atoms with Crippen molar-refractivity contribution < 1.29 is 14.3 Å². The molecular weight excluding hydrogens is 302 g/mol. The molecule has 0 saturated heterocycles. The Bertz CT molecular complexity index is 653. The van der Waals surface area contributed by atoms with E-state index >= 15 is 0 Å². The maximum absolute atomic E-state index is 12.0. The van der Waals surface area contributed by atoms with Crippen molar-refractivity contribution in [3.63, 3.8) is 0 Å². The monoisotopic (exact) mass is 327 g/mol. The lowest BCUT2D eigenvalue weighted by Gasteiger charge is -2.24. The molecule has 2 rings (SSSR count). The van der Waals surface area contributed by atoms with Gasteiger partial charge in [-0.3, -0.25) is 4.79 Å². The van der Waals surface area contributed by atoms with Crippen LogP contribution in [0.1, 0.15) is 32.8 Å². The fraction of sp³-hybridized carbons (Fsp3) is 0.350. The van der Waals surface area contributed by atoms with Crippen LogP contribution in [0.2, 0.25) is 0 Å². The zero-order valence-electron chi connectivity index (χ0n) is 14.5. The number of carbonyl (C=O) groups is 1. The summed E-state index contributed by atoms with van der Waals surface area (Å²) in [5.41, 5.74) is 0.846. The average molecular weight is 327 g/mol. The standard InChI is InChI=1S/C20H25NO3/c1-4-20(2,3)21-19(22)15-24-18-13-9-8-12-17(18)23-14-16-10-6-5-7-11-16/h5-13H,4,14-15H2,1-3H3,(H,21,22). The lowest BCUT2D eigenvalue weighted by Crippen LogP contribution is -2.44. The number of rotatable bonds is 8. The van der Waals surface area contributed by atoms with Gasteiger partial charge >= 0.3 is 0 Å². The minimum absolute atomic E-state index is 0.0326. The Hall–Kier alpha value is -2.49. The second kappa shape index (κ2) is 8.39. The van der Waals surface area contributed by atoms with Crippen LogP contribution in [0.15, 0.2) is 54.6 Å². The Kier molecular flexibility index (Phi) is 6.24. The highest BCUT2D eigenvalue weighted by Gasteiger charge is 2.18. The first-order chi connectivity index (χ1) is 11.5. The number of amides is 1. The summed E-state index contributed by atoms with van der Waals surface area (Å²) in [6.45, 7) is 6.43. The zero-order chi connectivity index (χ0) is 17.4. The van der Waals surface area contributed by atoms with Crippen molar-refractivity contribution in [3.05, 3.63) is 60.2 Å². The van der Waals surface area contributed by atoms with Gasteiger partial charge in [-0.1, -0.05) is 49.4 Å². The molecule has 0 spiro atoms. The number of hydrogen-bond donors (Lipinski definition) is 1. The molecule has 0 aliphatic rings. The molecule has 0 unspecified atom stereocenters. The third-order valence-electron chi connectivity index (χ3n) is 3.81. The minimum Gasteiger partial charge on any atom is -0.485 e. The molecule has 0 aromatic heterocycles. The van der Waals surface area contributed by atoms with Gasteiger partial charge in [0, 0.05) is 5.54 Å². The van der Waals surface area contributed by atoms with E-state index in [0.717, 1.165) is 12.0 Å². The summed E-state index contributed by atoms with van der Waals surface area (Å²) in [5, 5.41) is 2.95. The first kappa shape index (κ1) is 17.9. The van der Waals surface area contributed by atoms with Gasteiger partial charge < -0.3 is 14.8 Å². The van der Waals surface area contributed by atoms with Gasteiger partial charge in [0.1, 0.15) is 6.61 Å². The molecule has 0 radical (unpaired) electrons. The largest absolute Gasteiger partial charge is 0.485 e. The summed E-state index contributed by atoms with van der Waals surface area (Å²) in [4.78, 5) is 12.0. The van der Waals surface area contributed by atoms with E-state index in [4.69, 9.17) is 9.47 Å². The van der Waals surface area contributed by atoms with Crippen LogP contribution in [0.5, 0.6) is 11.5 Å². The molecule has 0 fully saturated rings. The molecular formula is C20H25NO3. The van der Waals surface area contributed by atoms with E-state index in [9.17, 15) is 4.79 Å². The smallest absolute Gasteiger partial charge is 0.258 e. The van der Waals surface area contributed by atoms with Gasteiger partial charge in [0.2, 0.25) is 0 Å². The topological polar surface area (TPSA) is 47.6 Å². The predicted molar refractivity (Wildman–Crippen MR) is 95.2 cm³/mol. The van der Waals surface area contributed by atoms with E-state index in [1.165, 1.54) is 0 Å². The highest BCUT2D eigenvalue weighted by Crippen LogP contribution is 2.27. The lowest BCUT2D eigenvalue weighted by molar-refractivity contribution is -0.124. The predicted octanol–water partition coefficient (Wildman–Crippen LogP) is 3.95. The van der Waals surface area contributed by atoms with Crippen LogP contribution in [0.25, 0.3) is 0 Å². The van der Waals surface area contributed by atoms with Crippen molar-refractivity contribution in [3.8, 4) is 11.5 Å². The van der Waals surface area contributed by atoms with Crippen molar-refractivity contribution in [1.82, 2.24) is 5.32 Å². The van der Waals surface area contributed by atoms with E-state index in [0.29, 0.717) is 18.1 Å². The van der Waals surface area contributed by atoms with Crippen molar-refractivity contribution in [2.75, 3.05) is 6.61 Å². The fourth-order valence-electron chi connectivity index (χ4n) is 2.07. The Morgan fingerprint density at radius 1 is 0.958 bits per heavy atom. The van der Waals surface area contributed by atoms with Crippen LogP contribution in [-0.4, -0.2) is 18.1 Å². The van der Waals surface area contributed by atoms with Gasteiger partial charge in [-0.15, -0.1) is 0 Å². The van der Waals surface area contributed by atoms with Gasteiger partial charge in [-0.2, -0.15) is 0 Å². The second-order valence-electron chi connectivity index (χ2n) is 6.30. The fourth-order valence-corrected chi connectivity index (χ4v) is 2.07. The van der Waals surface area contributed by atoms with Crippen molar-refractivity contribution >= 4 is 5.91 Å². The third-order valence-corrected chi connectivity index (χ3v) is 3.81. The van der Waals surface area contributed by atoms with Crippen LogP contribution >= 0.6 is 0 Å². The molecule has 4 nitrogen and oxygen atoms in total. The maximum atomic E-state index is 12.0. The molecule has 2 aromatic rings. The van der Waals surface area contributed by atoms with Gasteiger partial charge in [0.25, 0.3) is 5.91 Å². The summed E-state index contributed by atoms with van der Waals surface area (Å²) in [6.07, 6.45) is 0.857. The number of para-hydroxylation sites is 2. The first-order valence-electron chi connectivity index (χ1n) is 8.20. The molecule has 0 aliphatic carbocycles. The molecule has 1 N–H and O–H groups in total. The number of hydrogen-bond acceptors (Lipinski definition) is 3. The first-order valence-corrected chi connectivity index (χ1v) is 8.20. The van der Waals surface area contributed by atoms with Crippen LogP contribution in [0.4, 0.5) is 0 Å². The lowest BCUT2D eigenvalue weighted by atomic mass is 10.0. The summed E-state index contributed by atoms with van der Waals surface area (Å²) < 4.78 is 11.5. The molecule has 1 amide bonds. The molecule has 0 aliphatic heterocycles. The van der Waals surface area contributed by atoms with E-state index in [1.807, 2.05) is 69.3 Å². The van der Waals surface area contributed by atoms with E-state index < -0.39 is 0 Å².